The number of anilines is 1. The van der Waals surface area contributed by atoms with Gasteiger partial charge in [-0.3, -0.25) is 14.9 Å². The van der Waals surface area contributed by atoms with Crippen molar-refractivity contribution in [2.75, 3.05) is 5.32 Å². The third-order valence-corrected chi connectivity index (χ3v) is 5.04. The number of aromatic nitrogens is 1. The minimum absolute atomic E-state index is 0.0530. The topological polar surface area (TPSA) is 71.1 Å². The van der Waals surface area contributed by atoms with Gasteiger partial charge in [-0.05, 0) is 42.7 Å². The summed E-state index contributed by atoms with van der Waals surface area (Å²) in [6.45, 7) is 6.01. The predicted octanol–water partition coefficient (Wildman–Crippen LogP) is 4.32. The number of thiazole rings is 1. The molecular formula is C21H21N3O2S. The Morgan fingerprint density at radius 2 is 1.78 bits per heavy atom. The van der Waals surface area contributed by atoms with Crippen LogP contribution in [0.5, 0.6) is 0 Å². The molecule has 2 aromatic carbocycles. The molecule has 2 amide bonds. The number of benzene rings is 2. The van der Waals surface area contributed by atoms with Crippen molar-refractivity contribution in [3.05, 3.63) is 70.1 Å². The summed E-state index contributed by atoms with van der Waals surface area (Å²) < 4.78 is 0. The Kier molecular flexibility index (Phi) is 5.66. The molecule has 0 bridgehead atoms. The van der Waals surface area contributed by atoms with Gasteiger partial charge in [0.25, 0.3) is 5.91 Å². The molecule has 3 rings (SSSR count). The highest BCUT2D eigenvalue weighted by atomic mass is 32.1. The average Bonchev–Trinajstić information content (AvgIpc) is 3.11. The number of carbonyl (C=O) groups excluding carboxylic acids is 2. The highest BCUT2D eigenvalue weighted by Crippen LogP contribution is 2.25. The Balaban J connectivity index is 1.68. The van der Waals surface area contributed by atoms with Crippen molar-refractivity contribution in [3.63, 3.8) is 0 Å². The van der Waals surface area contributed by atoms with Gasteiger partial charge in [-0.2, -0.15) is 0 Å². The van der Waals surface area contributed by atoms with E-state index in [9.17, 15) is 9.59 Å². The van der Waals surface area contributed by atoms with E-state index in [1.165, 1.54) is 18.3 Å². The fourth-order valence-electron chi connectivity index (χ4n) is 2.54. The number of nitrogens with one attached hydrogen (secondary N) is 2. The molecule has 2 N–H and O–H groups in total. The zero-order chi connectivity index (χ0) is 19.4. The van der Waals surface area contributed by atoms with Gasteiger partial charge >= 0.3 is 0 Å². The molecule has 0 unspecified atom stereocenters. The lowest BCUT2D eigenvalue weighted by Gasteiger charge is -2.05. The molecule has 0 aliphatic rings. The number of amides is 2. The lowest BCUT2D eigenvalue weighted by atomic mass is 10.1. The maximum Gasteiger partial charge on any atom is 0.257 e. The van der Waals surface area contributed by atoms with E-state index >= 15 is 0 Å². The number of carbonyl (C=O) groups is 2. The molecule has 0 radical (unpaired) electrons. The Hall–Kier alpha value is -2.99. The number of hydrogen-bond donors (Lipinski definition) is 2. The first-order chi connectivity index (χ1) is 12.9. The Morgan fingerprint density at radius 3 is 2.44 bits per heavy atom. The second-order valence-electron chi connectivity index (χ2n) is 6.40. The normalized spacial score (nSPS) is 10.5. The summed E-state index contributed by atoms with van der Waals surface area (Å²) in [4.78, 5) is 27.9. The number of hydrogen-bond acceptors (Lipinski definition) is 4. The van der Waals surface area contributed by atoms with Crippen LogP contribution in [0.4, 0.5) is 5.13 Å². The highest BCUT2D eigenvalue weighted by Gasteiger charge is 2.11. The summed E-state index contributed by atoms with van der Waals surface area (Å²) in [5, 5.41) is 8.11. The molecule has 5 nitrogen and oxygen atoms in total. The Morgan fingerprint density at radius 1 is 1.04 bits per heavy atom. The van der Waals surface area contributed by atoms with Gasteiger partial charge in [-0.1, -0.05) is 30.3 Å². The molecule has 27 heavy (non-hydrogen) atoms. The van der Waals surface area contributed by atoms with E-state index in [0.29, 0.717) is 17.2 Å². The van der Waals surface area contributed by atoms with E-state index in [4.69, 9.17) is 0 Å². The Bertz CT molecular complexity index is 977. The maximum absolute atomic E-state index is 12.4. The van der Waals surface area contributed by atoms with Crippen LogP contribution in [0.2, 0.25) is 0 Å². The van der Waals surface area contributed by atoms with Gasteiger partial charge in [0.1, 0.15) is 0 Å². The molecule has 0 spiro atoms. The third-order valence-electron chi connectivity index (χ3n) is 4.28. The van der Waals surface area contributed by atoms with Crippen LogP contribution in [0.15, 0.2) is 47.8 Å². The molecule has 0 atom stereocenters. The van der Waals surface area contributed by atoms with Gasteiger partial charge in [0.15, 0.2) is 5.13 Å². The summed E-state index contributed by atoms with van der Waals surface area (Å²) in [7, 11) is 0. The van der Waals surface area contributed by atoms with E-state index in [0.717, 1.165) is 27.9 Å². The minimum Gasteiger partial charge on any atom is -0.352 e. The molecule has 138 valence electrons. The van der Waals surface area contributed by atoms with Crippen LogP contribution in [0.1, 0.15) is 34.0 Å². The van der Waals surface area contributed by atoms with Crippen LogP contribution < -0.4 is 10.6 Å². The van der Waals surface area contributed by atoms with Crippen molar-refractivity contribution in [2.45, 2.75) is 27.3 Å². The van der Waals surface area contributed by atoms with Crippen molar-refractivity contribution < 1.29 is 9.59 Å². The van der Waals surface area contributed by atoms with Crippen LogP contribution in [0, 0.1) is 13.8 Å². The molecule has 6 heteroatoms. The highest BCUT2D eigenvalue weighted by molar-refractivity contribution is 7.14. The van der Waals surface area contributed by atoms with Gasteiger partial charge in [0.05, 0.1) is 5.69 Å². The van der Waals surface area contributed by atoms with Crippen molar-refractivity contribution in [1.29, 1.82) is 0 Å². The first-order valence-corrected chi connectivity index (χ1v) is 9.48. The first-order valence-electron chi connectivity index (χ1n) is 8.60. The molecule has 0 saturated carbocycles. The van der Waals surface area contributed by atoms with Gasteiger partial charge in [0.2, 0.25) is 5.91 Å². The fraction of sp³-hybridized carbons (Fsp3) is 0.190. The molecule has 0 saturated heterocycles. The van der Waals surface area contributed by atoms with Crippen molar-refractivity contribution >= 4 is 28.3 Å². The molecule has 0 fully saturated rings. The summed E-state index contributed by atoms with van der Waals surface area (Å²) >= 11 is 1.39. The van der Waals surface area contributed by atoms with Gasteiger partial charge < -0.3 is 5.32 Å². The molecule has 1 heterocycles. The zero-order valence-electron chi connectivity index (χ0n) is 15.5. The van der Waals surface area contributed by atoms with E-state index < -0.39 is 0 Å². The van der Waals surface area contributed by atoms with Crippen molar-refractivity contribution in [2.24, 2.45) is 0 Å². The fourth-order valence-corrected chi connectivity index (χ4v) is 3.25. The smallest absolute Gasteiger partial charge is 0.257 e. The molecule has 0 aliphatic heterocycles. The van der Waals surface area contributed by atoms with Gasteiger partial charge in [0, 0.05) is 30.0 Å². The molecule has 1 aromatic heterocycles. The van der Waals surface area contributed by atoms with E-state index in [1.54, 1.807) is 0 Å². The summed E-state index contributed by atoms with van der Waals surface area (Å²) in [5.74, 6) is -0.215. The average molecular weight is 379 g/mol. The second-order valence-corrected chi connectivity index (χ2v) is 7.26. The Labute approximate surface area is 162 Å². The van der Waals surface area contributed by atoms with Crippen LogP contribution in [-0.2, 0) is 11.3 Å². The van der Waals surface area contributed by atoms with Gasteiger partial charge in [-0.15, -0.1) is 11.3 Å². The molecule has 3 aromatic rings. The predicted molar refractivity (Wildman–Crippen MR) is 109 cm³/mol. The van der Waals surface area contributed by atoms with Crippen LogP contribution in [0.3, 0.4) is 0 Å². The number of aryl methyl sites for hydroxylation is 2. The summed E-state index contributed by atoms with van der Waals surface area (Å²) in [5.41, 5.74) is 5.66. The monoisotopic (exact) mass is 379 g/mol. The first kappa shape index (κ1) is 18.8. The van der Waals surface area contributed by atoms with E-state index in [-0.39, 0.29) is 11.8 Å². The van der Waals surface area contributed by atoms with Crippen LogP contribution in [-0.4, -0.2) is 16.8 Å². The minimum atomic E-state index is -0.162. The quantitative estimate of drug-likeness (QED) is 0.694. The molecular weight excluding hydrogens is 358 g/mol. The van der Waals surface area contributed by atoms with Crippen LogP contribution in [0.25, 0.3) is 11.3 Å². The van der Waals surface area contributed by atoms with Gasteiger partial charge in [-0.25, -0.2) is 4.98 Å². The van der Waals surface area contributed by atoms with E-state index in [1.807, 2.05) is 61.7 Å². The summed E-state index contributed by atoms with van der Waals surface area (Å²) in [6.07, 6.45) is 0. The number of rotatable bonds is 5. The lowest BCUT2D eigenvalue weighted by Crippen LogP contribution is -2.18. The second kappa shape index (κ2) is 8.14. The van der Waals surface area contributed by atoms with Crippen LogP contribution >= 0.6 is 11.3 Å². The standard InChI is InChI=1S/C21H21N3O2S/c1-13-4-7-18(10-14(13)2)20(26)24-21-23-19(12-27-21)17-8-5-16(6-9-17)11-22-15(3)25/h4-10,12H,11H2,1-3H3,(H,22,25)(H,23,24,26). The maximum atomic E-state index is 12.4. The third kappa shape index (κ3) is 4.80. The summed E-state index contributed by atoms with van der Waals surface area (Å²) in [6, 6.07) is 13.5. The lowest BCUT2D eigenvalue weighted by molar-refractivity contribution is -0.119. The molecule has 0 aliphatic carbocycles. The van der Waals surface area contributed by atoms with Crippen molar-refractivity contribution in [1.82, 2.24) is 10.3 Å². The SMILES string of the molecule is CC(=O)NCc1ccc(-c2csc(NC(=O)c3ccc(C)c(C)c3)n2)cc1. The van der Waals surface area contributed by atoms with Crippen molar-refractivity contribution in [3.8, 4) is 11.3 Å². The zero-order valence-corrected chi connectivity index (χ0v) is 16.3. The number of nitrogens with zero attached hydrogens (tertiary/aromatic N) is 1. The van der Waals surface area contributed by atoms with E-state index in [2.05, 4.69) is 15.6 Å². The largest absolute Gasteiger partial charge is 0.352 e.